The number of aromatic nitrogens is 1. The topological polar surface area (TPSA) is 60.5 Å². The molecule has 0 aliphatic heterocycles. The van der Waals surface area contributed by atoms with Gasteiger partial charge in [-0.1, -0.05) is 19.1 Å². The van der Waals surface area contributed by atoms with Crippen LogP contribution in [0.25, 0.3) is 0 Å². The number of halogens is 1. The van der Waals surface area contributed by atoms with E-state index in [1.54, 1.807) is 31.3 Å². The molecule has 5 nitrogen and oxygen atoms in total. The van der Waals surface area contributed by atoms with Gasteiger partial charge in [0.2, 0.25) is 0 Å². The van der Waals surface area contributed by atoms with Crippen molar-refractivity contribution in [1.29, 1.82) is 0 Å². The largest absolute Gasteiger partial charge is 0.494 e. The molecule has 2 rings (SSSR count). The smallest absolute Gasteiger partial charge is 0.265 e. The van der Waals surface area contributed by atoms with Gasteiger partial charge in [-0.25, -0.2) is 4.39 Å². The molecule has 0 aliphatic carbocycles. The highest BCUT2D eigenvalue weighted by atomic mass is 19.1. The molecule has 6 heteroatoms. The van der Waals surface area contributed by atoms with Crippen LogP contribution >= 0.6 is 0 Å². The van der Waals surface area contributed by atoms with Gasteiger partial charge in [0.05, 0.1) is 13.3 Å². The highest BCUT2D eigenvalue weighted by Gasteiger charge is 2.21. The Morgan fingerprint density at radius 2 is 2.09 bits per heavy atom. The number of anilines is 1. The molecule has 0 bridgehead atoms. The molecular formula is C16H17FN2O3. The summed E-state index contributed by atoms with van der Waals surface area (Å²) in [6.07, 6.45) is 2.61. The van der Waals surface area contributed by atoms with Crippen LogP contribution in [-0.2, 0) is 4.79 Å². The van der Waals surface area contributed by atoms with E-state index in [-0.39, 0.29) is 5.75 Å². The molecule has 0 fully saturated rings. The summed E-state index contributed by atoms with van der Waals surface area (Å²) >= 11 is 0. The first-order chi connectivity index (χ1) is 10.7. The lowest BCUT2D eigenvalue weighted by atomic mass is 10.2. The third kappa shape index (κ3) is 3.72. The van der Waals surface area contributed by atoms with E-state index in [1.165, 1.54) is 25.4 Å². The summed E-state index contributed by atoms with van der Waals surface area (Å²) < 4.78 is 24.2. The van der Waals surface area contributed by atoms with Gasteiger partial charge < -0.3 is 14.8 Å². The van der Waals surface area contributed by atoms with Gasteiger partial charge in [-0.05, 0) is 18.6 Å². The fraction of sp³-hybridized carbons (Fsp3) is 0.250. The second-order valence-corrected chi connectivity index (χ2v) is 4.51. The number of ether oxygens (including phenoxy) is 2. The molecule has 1 heterocycles. The first-order valence-electron chi connectivity index (χ1n) is 6.85. The third-order valence-electron chi connectivity index (χ3n) is 3.03. The van der Waals surface area contributed by atoms with Crippen LogP contribution in [0.15, 0.2) is 42.7 Å². The zero-order chi connectivity index (χ0) is 15.9. The lowest BCUT2D eigenvalue weighted by Gasteiger charge is -2.18. The number of methoxy groups -OCH3 is 1. The van der Waals surface area contributed by atoms with Gasteiger partial charge >= 0.3 is 0 Å². The molecule has 0 saturated heterocycles. The van der Waals surface area contributed by atoms with E-state index in [2.05, 4.69) is 10.3 Å². The summed E-state index contributed by atoms with van der Waals surface area (Å²) in [4.78, 5) is 16.2. The quantitative estimate of drug-likeness (QED) is 0.891. The van der Waals surface area contributed by atoms with Crippen LogP contribution < -0.4 is 14.8 Å². The number of nitrogens with one attached hydrogen (secondary N) is 1. The van der Waals surface area contributed by atoms with Crippen molar-refractivity contribution < 1.29 is 18.7 Å². The van der Waals surface area contributed by atoms with Crippen LogP contribution in [0.2, 0.25) is 0 Å². The fourth-order valence-corrected chi connectivity index (χ4v) is 1.88. The molecule has 1 aromatic carbocycles. The van der Waals surface area contributed by atoms with Crippen LogP contribution in [0, 0.1) is 5.82 Å². The number of hydrogen-bond acceptors (Lipinski definition) is 4. The molecule has 0 unspecified atom stereocenters. The molecule has 116 valence electrons. The number of nitrogens with zero attached hydrogens (tertiary/aromatic N) is 1. The Balaban J connectivity index is 2.11. The summed E-state index contributed by atoms with van der Waals surface area (Å²) in [7, 11) is 1.50. The average Bonchev–Trinajstić information content (AvgIpc) is 2.54. The monoisotopic (exact) mass is 304 g/mol. The number of carbonyl (C=O) groups excluding carboxylic acids is 1. The van der Waals surface area contributed by atoms with Crippen molar-refractivity contribution in [1.82, 2.24) is 4.98 Å². The summed E-state index contributed by atoms with van der Waals surface area (Å²) in [5.74, 6) is -0.364. The maximum Gasteiger partial charge on any atom is 0.265 e. The van der Waals surface area contributed by atoms with Crippen molar-refractivity contribution in [3.63, 3.8) is 0 Å². The summed E-state index contributed by atoms with van der Waals surface area (Å²) in [6, 6.07) is 7.60. The minimum Gasteiger partial charge on any atom is -0.494 e. The zero-order valence-corrected chi connectivity index (χ0v) is 12.4. The van der Waals surface area contributed by atoms with Crippen molar-refractivity contribution in [3.05, 3.63) is 48.5 Å². The number of amides is 1. The van der Waals surface area contributed by atoms with E-state index < -0.39 is 17.8 Å². The maximum absolute atomic E-state index is 13.6. The average molecular weight is 304 g/mol. The van der Waals surface area contributed by atoms with Gasteiger partial charge in [-0.15, -0.1) is 0 Å². The molecule has 0 radical (unpaired) electrons. The second kappa shape index (κ2) is 7.40. The normalized spacial score (nSPS) is 11.6. The van der Waals surface area contributed by atoms with Crippen LogP contribution in [0.3, 0.4) is 0 Å². The molecular weight excluding hydrogens is 287 g/mol. The predicted molar refractivity (Wildman–Crippen MR) is 80.5 cm³/mol. The number of rotatable bonds is 6. The molecule has 1 atom stereocenters. The first-order valence-corrected chi connectivity index (χ1v) is 6.85. The Morgan fingerprint density at radius 3 is 2.77 bits per heavy atom. The van der Waals surface area contributed by atoms with E-state index in [9.17, 15) is 9.18 Å². The van der Waals surface area contributed by atoms with Gasteiger partial charge in [0.15, 0.2) is 17.7 Å². The number of hydrogen-bond donors (Lipinski definition) is 1. The van der Waals surface area contributed by atoms with Gasteiger partial charge in [0, 0.05) is 12.3 Å². The van der Waals surface area contributed by atoms with Crippen molar-refractivity contribution >= 4 is 11.6 Å². The summed E-state index contributed by atoms with van der Waals surface area (Å²) in [5, 5.41) is 2.68. The van der Waals surface area contributed by atoms with Crippen LogP contribution in [0.4, 0.5) is 10.1 Å². The summed E-state index contributed by atoms with van der Waals surface area (Å²) in [6.45, 7) is 1.78. The van der Waals surface area contributed by atoms with E-state index in [0.717, 1.165) is 0 Å². The number of carbonyl (C=O) groups is 1. The van der Waals surface area contributed by atoms with E-state index >= 15 is 0 Å². The Bertz CT molecular complexity index is 649. The fourth-order valence-electron chi connectivity index (χ4n) is 1.88. The first kappa shape index (κ1) is 15.8. The van der Waals surface area contributed by atoms with Crippen molar-refractivity contribution in [2.45, 2.75) is 19.4 Å². The van der Waals surface area contributed by atoms with E-state index in [1.807, 2.05) is 0 Å². The minimum atomic E-state index is -0.818. The van der Waals surface area contributed by atoms with Crippen molar-refractivity contribution in [2.24, 2.45) is 0 Å². The molecule has 0 spiro atoms. The van der Waals surface area contributed by atoms with Crippen molar-refractivity contribution in [2.75, 3.05) is 12.4 Å². The van der Waals surface area contributed by atoms with Gasteiger partial charge in [0.25, 0.3) is 5.91 Å². The Hall–Kier alpha value is -2.63. The predicted octanol–water partition coefficient (Wildman–Crippen LogP) is 3.03. The summed E-state index contributed by atoms with van der Waals surface area (Å²) in [5.41, 5.74) is 0.436. The molecule has 2 aromatic rings. The zero-order valence-electron chi connectivity index (χ0n) is 12.4. The second-order valence-electron chi connectivity index (χ2n) is 4.51. The van der Waals surface area contributed by atoms with Crippen molar-refractivity contribution in [3.8, 4) is 11.5 Å². The standard InChI is InChI=1S/C16H17FN2O3/c1-3-13(22-14-7-5-4-6-11(14)17)16(20)19-12-10-18-9-8-15(12)21-2/h4-10,13H,3H2,1-2H3,(H,19,20)/t13-/m1/s1. The number of pyridine rings is 1. The molecule has 0 saturated carbocycles. The number of para-hydroxylation sites is 1. The third-order valence-corrected chi connectivity index (χ3v) is 3.03. The van der Waals surface area contributed by atoms with Crippen LogP contribution in [-0.4, -0.2) is 24.1 Å². The SMILES string of the molecule is CC[C@@H](Oc1ccccc1F)C(=O)Nc1cnccc1OC. The Labute approximate surface area is 128 Å². The number of benzene rings is 1. The maximum atomic E-state index is 13.6. The molecule has 22 heavy (non-hydrogen) atoms. The molecule has 1 N–H and O–H groups in total. The van der Waals surface area contributed by atoms with E-state index in [0.29, 0.717) is 17.9 Å². The van der Waals surface area contributed by atoms with Gasteiger partial charge in [-0.2, -0.15) is 0 Å². The van der Waals surface area contributed by atoms with Crippen LogP contribution in [0.5, 0.6) is 11.5 Å². The molecule has 1 aromatic heterocycles. The van der Waals surface area contributed by atoms with Crippen LogP contribution in [0.1, 0.15) is 13.3 Å². The minimum absolute atomic E-state index is 0.0441. The lowest BCUT2D eigenvalue weighted by Crippen LogP contribution is -2.32. The van der Waals surface area contributed by atoms with Gasteiger partial charge in [-0.3, -0.25) is 9.78 Å². The van der Waals surface area contributed by atoms with Gasteiger partial charge in [0.1, 0.15) is 11.4 Å². The Morgan fingerprint density at radius 1 is 1.32 bits per heavy atom. The highest BCUT2D eigenvalue weighted by Crippen LogP contribution is 2.23. The molecule has 1 amide bonds. The Kier molecular flexibility index (Phi) is 5.30. The lowest BCUT2D eigenvalue weighted by molar-refractivity contribution is -0.122. The molecule has 0 aliphatic rings. The highest BCUT2D eigenvalue weighted by molar-refractivity contribution is 5.95. The van der Waals surface area contributed by atoms with E-state index in [4.69, 9.17) is 9.47 Å².